The monoisotopic (exact) mass is 218 g/mol. The van der Waals surface area contributed by atoms with Crippen LogP contribution in [0.25, 0.3) is 0 Å². The van der Waals surface area contributed by atoms with Crippen LogP contribution in [-0.2, 0) is 0 Å². The molecule has 86 valence electrons. The van der Waals surface area contributed by atoms with Crippen LogP contribution in [0, 0.1) is 0 Å². The second-order valence-corrected chi connectivity index (χ2v) is 4.45. The smallest absolute Gasteiger partial charge is 0.316 e. The zero-order chi connectivity index (χ0) is 11.4. The first-order chi connectivity index (χ1) is 7.75. The van der Waals surface area contributed by atoms with Crippen LogP contribution in [0.4, 0.5) is 10.5 Å². The maximum atomic E-state index is 10.8. The first kappa shape index (κ1) is 11.0. The Labute approximate surface area is 96.0 Å². The zero-order valence-corrected chi connectivity index (χ0v) is 9.41. The van der Waals surface area contributed by atoms with Gasteiger partial charge < -0.3 is 11.1 Å². The van der Waals surface area contributed by atoms with Gasteiger partial charge in [0.2, 0.25) is 0 Å². The number of amides is 2. The quantitative estimate of drug-likeness (QED) is 0.786. The fourth-order valence-corrected chi connectivity index (χ4v) is 2.45. The number of nitrogens with one attached hydrogen (secondary N) is 1. The maximum Gasteiger partial charge on any atom is 0.316 e. The third-order valence-corrected chi connectivity index (χ3v) is 3.23. The highest BCUT2D eigenvalue weighted by molar-refractivity contribution is 5.87. The molecular weight excluding hydrogens is 200 g/mol. The molecule has 2 amide bonds. The fourth-order valence-electron chi connectivity index (χ4n) is 2.45. The molecule has 1 aromatic rings. The van der Waals surface area contributed by atoms with E-state index in [-0.39, 0.29) is 0 Å². The predicted octanol–water partition coefficient (Wildman–Crippen LogP) is 3.22. The first-order valence-electron chi connectivity index (χ1n) is 5.92. The molecule has 16 heavy (non-hydrogen) atoms. The molecule has 1 fully saturated rings. The van der Waals surface area contributed by atoms with Gasteiger partial charge in [0.25, 0.3) is 0 Å². The number of rotatable bonds is 2. The number of primary amides is 1. The number of carbonyl (C=O) groups excluding carboxylic acids is 1. The standard InChI is InChI=1S/C13H18N2O/c14-13(16)15-12-8-4-7-11(9-12)10-5-2-1-3-6-10/h4,7-10H,1-3,5-6H2,(H3,14,15,16). The third kappa shape index (κ3) is 2.75. The Balaban J connectivity index is 2.11. The van der Waals surface area contributed by atoms with Crippen molar-refractivity contribution in [2.75, 3.05) is 5.32 Å². The minimum atomic E-state index is -0.499. The van der Waals surface area contributed by atoms with Gasteiger partial charge in [0.15, 0.2) is 0 Å². The second-order valence-electron chi connectivity index (χ2n) is 4.45. The molecule has 0 aliphatic heterocycles. The van der Waals surface area contributed by atoms with E-state index in [0.717, 1.165) is 5.69 Å². The summed E-state index contributed by atoms with van der Waals surface area (Å²) in [6.45, 7) is 0. The summed E-state index contributed by atoms with van der Waals surface area (Å²) in [6, 6.07) is 7.54. The van der Waals surface area contributed by atoms with Crippen LogP contribution in [0.2, 0.25) is 0 Å². The van der Waals surface area contributed by atoms with Crippen molar-refractivity contribution in [3.8, 4) is 0 Å². The average Bonchev–Trinajstić information content (AvgIpc) is 2.30. The molecule has 0 heterocycles. The molecule has 1 aromatic carbocycles. The van der Waals surface area contributed by atoms with Crippen molar-refractivity contribution >= 4 is 11.7 Å². The molecule has 0 aromatic heterocycles. The summed E-state index contributed by atoms with van der Waals surface area (Å²) in [5.41, 5.74) is 7.23. The van der Waals surface area contributed by atoms with E-state index in [0.29, 0.717) is 5.92 Å². The molecule has 0 radical (unpaired) electrons. The van der Waals surface area contributed by atoms with E-state index in [9.17, 15) is 4.79 Å². The Morgan fingerprint density at radius 1 is 1.25 bits per heavy atom. The highest BCUT2D eigenvalue weighted by atomic mass is 16.2. The van der Waals surface area contributed by atoms with E-state index >= 15 is 0 Å². The Morgan fingerprint density at radius 2 is 2.00 bits per heavy atom. The molecule has 0 atom stereocenters. The second kappa shape index (κ2) is 5.01. The molecule has 2 rings (SSSR count). The Morgan fingerprint density at radius 3 is 2.69 bits per heavy atom. The van der Waals surface area contributed by atoms with Crippen molar-refractivity contribution in [2.45, 2.75) is 38.0 Å². The molecule has 3 N–H and O–H groups in total. The van der Waals surface area contributed by atoms with Crippen molar-refractivity contribution in [3.05, 3.63) is 29.8 Å². The summed E-state index contributed by atoms with van der Waals surface area (Å²) in [5.74, 6) is 0.656. The first-order valence-corrected chi connectivity index (χ1v) is 5.92. The summed E-state index contributed by atoms with van der Waals surface area (Å²) in [5, 5.41) is 2.62. The van der Waals surface area contributed by atoms with Crippen LogP contribution in [-0.4, -0.2) is 6.03 Å². The summed E-state index contributed by atoms with van der Waals surface area (Å²) >= 11 is 0. The Hall–Kier alpha value is -1.51. The van der Waals surface area contributed by atoms with Crippen LogP contribution in [0.5, 0.6) is 0 Å². The summed E-state index contributed by atoms with van der Waals surface area (Å²) in [6.07, 6.45) is 6.52. The molecule has 1 aliphatic rings. The molecule has 3 heteroatoms. The van der Waals surface area contributed by atoms with Crippen LogP contribution in [0.1, 0.15) is 43.6 Å². The minimum Gasteiger partial charge on any atom is -0.351 e. The van der Waals surface area contributed by atoms with E-state index in [1.807, 2.05) is 18.2 Å². The van der Waals surface area contributed by atoms with Gasteiger partial charge in [0, 0.05) is 5.69 Å². The van der Waals surface area contributed by atoms with Crippen molar-refractivity contribution in [2.24, 2.45) is 5.73 Å². The topological polar surface area (TPSA) is 55.1 Å². The molecule has 0 bridgehead atoms. The third-order valence-electron chi connectivity index (χ3n) is 3.23. The summed E-state index contributed by atoms with van der Waals surface area (Å²) in [7, 11) is 0. The molecule has 0 unspecified atom stereocenters. The van der Waals surface area contributed by atoms with Crippen molar-refractivity contribution in [1.82, 2.24) is 0 Å². The number of urea groups is 1. The van der Waals surface area contributed by atoms with Gasteiger partial charge in [-0.05, 0) is 36.5 Å². The van der Waals surface area contributed by atoms with Gasteiger partial charge in [-0.3, -0.25) is 0 Å². The van der Waals surface area contributed by atoms with Gasteiger partial charge in [0.1, 0.15) is 0 Å². The average molecular weight is 218 g/mol. The number of hydrogen-bond donors (Lipinski definition) is 2. The van der Waals surface area contributed by atoms with E-state index in [1.165, 1.54) is 37.7 Å². The van der Waals surface area contributed by atoms with E-state index < -0.39 is 6.03 Å². The van der Waals surface area contributed by atoms with Crippen LogP contribution in [0.15, 0.2) is 24.3 Å². The van der Waals surface area contributed by atoms with Crippen molar-refractivity contribution in [3.63, 3.8) is 0 Å². The number of carbonyl (C=O) groups is 1. The van der Waals surface area contributed by atoms with Gasteiger partial charge in [-0.1, -0.05) is 31.4 Å². The van der Waals surface area contributed by atoms with E-state index in [4.69, 9.17) is 5.73 Å². The highest BCUT2D eigenvalue weighted by Gasteiger charge is 2.15. The summed E-state index contributed by atoms with van der Waals surface area (Å²) < 4.78 is 0. The van der Waals surface area contributed by atoms with Gasteiger partial charge in [-0.15, -0.1) is 0 Å². The molecule has 1 saturated carbocycles. The minimum absolute atomic E-state index is 0.499. The largest absolute Gasteiger partial charge is 0.351 e. The lowest BCUT2D eigenvalue weighted by Gasteiger charge is -2.22. The number of hydrogen-bond acceptors (Lipinski definition) is 1. The number of anilines is 1. The lowest BCUT2D eigenvalue weighted by Crippen LogP contribution is -2.19. The number of benzene rings is 1. The van der Waals surface area contributed by atoms with Gasteiger partial charge >= 0.3 is 6.03 Å². The zero-order valence-electron chi connectivity index (χ0n) is 9.41. The Kier molecular flexibility index (Phi) is 3.44. The van der Waals surface area contributed by atoms with Gasteiger partial charge in [-0.2, -0.15) is 0 Å². The van der Waals surface area contributed by atoms with Crippen molar-refractivity contribution in [1.29, 1.82) is 0 Å². The van der Waals surface area contributed by atoms with Crippen LogP contribution in [0.3, 0.4) is 0 Å². The fraction of sp³-hybridized carbons (Fsp3) is 0.462. The predicted molar refractivity (Wildman–Crippen MR) is 65.5 cm³/mol. The normalized spacial score (nSPS) is 17.0. The van der Waals surface area contributed by atoms with Gasteiger partial charge in [0.05, 0.1) is 0 Å². The highest BCUT2D eigenvalue weighted by Crippen LogP contribution is 2.33. The lowest BCUT2D eigenvalue weighted by molar-refractivity contribution is 0.259. The van der Waals surface area contributed by atoms with Crippen LogP contribution < -0.4 is 11.1 Å². The van der Waals surface area contributed by atoms with E-state index in [2.05, 4.69) is 11.4 Å². The lowest BCUT2D eigenvalue weighted by atomic mass is 9.84. The van der Waals surface area contributed by atoms with Crippen molar-refractivity contribution < 1.29 is 4.79 Å². The SMILES string of the molecule is NC(=O)Nc1cccc(C2CCCCC2)c1. The number of nitrogens with two attached hydrogens (primary N) is 1. The van der Waals surface area contributed by atoms with Gasteiger partial charge in [-0.25, -0.2) is 4.79 Å². The Bertz CT molecular complexity index is 370. The molecule has 0 spiro atoms. The summed E-state index contributed by atoms with van der Waals surface area (Å²) in [4.78, 5) is 10.8. The molecular formula is C13H18N2O. The molecule has 1 aliphatic carbocycles. The molecule has 0 saturated heterocycles. The van der Waals surface area contributed by atoms with Crippen LogP contribution >= 0.6 is 0 Å². The maximum absolute atomic E-state index is 10.8. The van der Waals surface area contributed by atoms with E-state index in [1.54, 1.807) is 0 Å². The molecule has 3 nitrogen and oxygen atoms in total.